The fraction of sp³-hybridized carbons (Fsp3) is 0. The highest BCUT2D eigenvalue weighted by molar-refractivity contribution is 7.26. The van der Waals surface area contributed by atoms with Crippen LogP contribution in [0.2, 0.25) is 0 Å². The number of rotatable bonds is 4. The van der Waals surface area contributed by atoms with Crippen LogP contribution in [0.15, 0.2) is 168 Å². The van der Waals surface area contributed by atoms with E-state index in [0.29, 0.717) is 0 Å². The molecule has 10 rings (SSSR count). The summed E-state index contributed by atoms with van der Waals surface area (Å²) in [6.45, 7) is 0. The van der Waals surface area contributed by atoms with E-state index in [0.717, 1.165) is 44.6 Å². The molecule has 8 aromatic carbocycles. The molecule has 10 aromatic rings. The smallest absolute Gasteiger partial charge is 0.136 e. The van der Waals surface area contributed by atoms with Gasteiger partial charge in [-0.15, -0.1) is 11.3 Å². The molecular weight excluding hydrogens is 591 g/mol. The molecular formula is C44H27NOS. The topological polar surface area (TPSA) is 16.4 Å². The summed E-state index contributed by atoms with van der Waals surface area (Å²) in [7, 11) is 0. The van der Waals surface area contributed by atoms with Crippen molar-refractivity contribution in [2.45, 2.75) is 0 Å². The van der Waals surface area contributed by atoms with E-state index in [2.05, 4.69) is 157 Å². The Morgan fingerprint density at radius 1 is 0.404 bits per heavy atom. The number of nitrogens with zero attached hydrogens (tertiary/aromatic N) is 1. The van der Waals surface area contributed by atoms with Gasteiger partial charge in [0.05, 0.1) is 0 Å². The van der Waals surface area contributed by atoms with Crippen molar-refractivity contribution in [2.75, 3.05) is 4.90 Å². The fourth-order valence-corrected chi connectivity index (χ4v) is 8.35. The Bertz CT molecular complexity index is 2810. The Balaban J connectivity index is 1.18. The molecule has 47 heavy (non-hydrogen) atoms. The lowest BCUT2D eigenvalue weighted by Crippen LogP contribution is -2.09. The highest BCUT2D eigenvalue weighted by atomic mass is 32.1. The molecule has 0 atom stereocenters. The monoisotopic (exact) mass is 617 g/mol. The summed E-state index contributed by atoms with van der Waals surface area (Å²) in [5.41, 5.74) is 7.61. The molecule has 0 aliphatic carbocycles. The van der Waals surface area contributed by atoms with Crippen LogP contribution in [-0.4, -0.2) is 0 Å². The van der Waals surface area contributed by atoms with E-state index in [9.17, 15) is 0 Å². The number of furan rings is 1. The Hall–Kier alpha value is -5.90. The summed E-state index contributed by atoms with van der Waals surface area (Å²) in [5, 5.41) is 9.86. The molecule has 0 saturated carbocycles. The lowest BCUT2D eigenvalue weighted by Gasteiger charge is -2.26. The number of para-hydroxylation sites is 2. The normalized spacial score (nSPS) is 11.8. The Kier molecular flexibility index (Phi) is 5.78. The van der Waals surface area contributed by atoms with Gasteiger partial charge in [-0.1, -0.05) is 97.1 Å². The van der Waals surface area contributed by atoms with Crippen molar-refractivity contribution in [3.63, 3.8) is 0 Å². The van der Waals surface area contributed by atoms with Crippen LogP contribution in [0.25, 0.3) is 74.8 Å². The average molecular weight is 618 g/mol. The molecule has 0 radical (unpaired) electrons. The molecule has 2 aromatic heterocycles. The van der Waals surface area contributed by atoms with Gasteiger partial charge in [-0.2, -0.15) is 0 Å². The van der Waals surface area contributed by atoms with Crippen LogP contribution in [0.3, 0.4) is 0 Å². The molecule has 0 saturated heterocycles. The number of hydrogen-bond acceptors (Lipinski definition) is 3. The average Bonchev–Trinajstić information content (AvgIpc) is 3.70. The molecule has 0 amide bonds. The largest absolute Gasteiger partial charge is 0.456 e. The number of benzene rings is 8. The zero-order valence-corrected chi connectivity index (χ0v) is 26.2. The number of fused-ring (bicyclic) bond motifs is 9. The lowest BCUT2D eigenvalue weighted by molar-refractivity contribution is 0.669. The third-order valence-corrected chi connectivity index (χ3v) is 10.6. The summed E-state index contributed by atoms with van der Waals surface area (Å²) in [6, 6.07) is 59.1. The van der Waals surface area contributed by atoms with Crippen LogP contribution >= 0.6 is 11.3 Å². The standard InChI is InChI=1S/C44H27NOS/c1-2-10-31(11-3-1)45(32-21-19-29-18-17-28-9-4-5-12-34(28)38(29)26-32)33-22-24-42-39(27-33)44-35(14-8-16-43(44)47-42)30-20-23-37-36-13-6-7-15-40(36)46-41(37)25-30/h1-27H. The van der Waals surface area contributed by atoms with Gasteiger partial charge in [0.2, 0.25) is 0 Å². The van der Waals surface area contributed by atoms with Crippen molar-refractivity contribution in [2.24, 2.45) is 0 Å². The van der Waals surface area contributed by atoms with Crippen LogP contribution in [0.1, 0.15) is 0 Å². The summed E-state index contributed by atoms with van der Waals surface area (Å²) in [5.74, 6) is 0. The third-order valence-electron chi connectivity index (χ3n) is 9.43. The van der Waals surface area contributed by atoms with Crippen molar-refractivity contribution in [1.29, 1.82) is 0 Å². The first kappa shape index (κ1) is 26.3. The van der Waals surface area contributed by atoms with E-state index in [1.54, 1.807) is 0 Å². The number of hydrogen-bond donors (Lipinski definition) is 0. The maximum atomic E-state index is 6.30. The maximum Gasteiger partial charge on any atom is 0.136 e. The van der Waals surface area contributed by atoms with Crippen molar-refractivity contribution in [1.82, 2.24) is 0 Å². The van der Waals surface area contributed by atoms with Crippen molar-refractivity contribution >= 4 is 92.1 Å². The van der Waals surface area contributed by atoms with Crippen LogP contribution in [0, 0.1) is 0 Å². The van der Waals surface area contributed by atoms with E-state index in [1.807, 2.05) is 23.5 Å². The van der Waals surface area contributed by atoms with Crippen molar-refractivity contribution < 1.29 is 4.42 Å². The van der Waals surface area contributed by atoms with E-state index < -0.39 is 0 Å². The first-order valence-corrected chi connectivity index (χ1v) is 16.7. The minimum absolute atomic E-state index is 0.917. The number of anilines is 3. The molecule has 0 fully saturated rings. The van der Waals surface area contributed by atoms with Crippen LogP contribution in [0.4, 0.5) is 17.1 Å². The second kappa shape index (κ2) is 10.3. The number of thiophene rings is 1. The molecule has 2 heterocycles. The fourth-order valence-electron chi connectivity index (χ4n) is 7.24. The second-order valence-corrected chi connectivity index (χ2v) is 13.2. The Morgan fingerprint density at radius 2 is 1.11 bits per heavy atom. The predicted octanol–water partition coefficient (Wildman–Crippen LogP) is 13.4. The van der Waals surface area contributed by atoms with Crippen LogP contribution in [-0.2, 0) is 0 Å². The predicted molar refractivity (Wildman–Crippen MR) is 202 cm³/mol. The highest BCUT2D eigenvalue weighted by Gasteiger charge is 2.18. The molecule has 0 bridgehead atoms. The molecule has 0 unspecified atom stereocenters. The third kappa shape index (κ3) is 4.17. The summed E-state index contributed by atoms with van der Waals surface area (Å²) in [6.07, 6.45) is 0. The molecule has 0 aliphatic rings. The van der Waals surface area contributed by atoms with Crippen LogP contribution in [0.5, 0.6) is 0 Å². The summed E-state index contributed by atoms with van der Waals surface area (Å²) >= 11 is 1.85. The first-order valence-electron chi connectivity index (χ1n) is 15.9. The van der Waals surface area contributed by atoms with Gasteiger partial charge in [0.15, 0.2) is 0 Å². The van der Waals surface area contributed by atoms with Gasteiger partial charge in [0.25, 0.3) is 0 Å². The molecule has 0 N–H and O–H groups in total. The Labute approximate surface area is 275 Å². The maximum absolute atomic E-state index is 6.30. The van der Waals surface area contributed by atoms with Gasteiger partial charge in [-0.25, -0.2) is 0 Å². The summed E-state index contributed by atoms with van der Waals surface area (Å²) < 4.78 is 8.85. The quantitative estimate of drug-likeness (QED) is 0.183. The Morgan fingerprint density at radius 3 is 2.00 bits per heavy atom. The van der Waals surface area contributed by atoms with Gasteiger partial charge in [-0.3, -0.25) is 0 Å². The van der Waals surface area contributed by atoms with E-state index in [1.165, 1.54) is 47.3 Å². The summed E-state index contributed by atoms with van der Waals surface area (Å²) in [4.78, 5) is 2.38. The first-order chi connectivity index (χ1) is 23.3. The van der Waals surface area contributed by atoms with Gasteiger partial charge in [-0.05, 0) is 99.4 Å². The highest BCUT2D eigenvalue weighted by Crippen LogP contribution is 2.45. The molecule has 220 valence electrons. The molecule has 0 aliphatic heterocycles. The van der Waals surface area contributed by atoms with E-state index >= 15 is 0 Å². The van der Waals surface area contributed by atoms with E-state index in [4.69, 9.17) is 4.42 Å². The lowest BCUT2D eigenvalue weighted by atomic mass is 9.98. The van der Waals surface area contributed by atoms with Gasteiger partial charge in [0.1, 0.15) is 11.2 Å². The molecule has 2 nitrogen and oxygen atoms in total. The van der Waals surface area contributed by atoms with Gasteiger partial charge >= 0.3 is 0 Å². The van der Waals surface area contributed by atoms with Crippen molar-refractivity contribution in [3.8, 4) is 11.1 Å². The van der Waals surface area contributed by atoms with Gasteiger partial charge < -0.3 is 9.32 Å². The molecule has 0 spiro atoms. The van der Waals surface area contributed by atoms with Gasteiger partial charge in [0, 0.05) is 48.0 Å². The molecule has 3 heteroatoms. The van der Waals surface area contributed by atoms with Crippen molar-refractivity contribution in [3.05, 3.63) is 164 Å². The minimum atomic E-state index is 0.917. The zero-order chi connectivity index (χ0) is 30.9. The van der Waals surface area contributed by atoms with E-state index in [-0.39, 0.29) is 0 Å². The minimum Gasteiger partial charge on any atom is -0.456 e. The van der Waals surface area contributed by atoms with Crippen LogP contribution < -0.4 is 4.90 Å². The zero-order valence-electron chi connectivity index (χ0n) is 25.4. The SMILES string of the molecule is c1ccc(N(c2ccc3ccc4ccccc4c3c2)c2ccc3sc4cccc(-c5ccc6c(c5)oc5ccccc56)c4c3c2)cc1. The second-order valence-electron chi connectivity index (χ2n) is 12.1.